The van der Waals surface area contributed by atoms with Crippen molar-refractivity contribution in [1.29, 1.82) is 0 Å². The lowest BCUT2D eigenvalue weighted by molar-refractivity contribution is -0.137. The van der Waals surface area contributed by atoms with E-state index in [-0.39, 0.29) is 5.97 Å². The first-order valence-electron chi connectivity index (χ1n) is 14.2. The molecule has 0 fully saturated rings. The fourth-order valence-electron chi connectivity index (χ4n) is 4.17. The molecular formula is C29H55BrO2. The van der Waals surface area contributed by atoms with Gasteiger partial charge in [-0.1, -0.05) is 138 Å². The van der Waals surface area contributed by atoms with Crippen LogP contribution in [0.15, 0.2) is 11.6 Å². The summed E-state index contributed by atoms with van der Waals surface area (Å²) in [4.78, 5) is 12.3. The van der Waals surface area contributed by atoms with Crippen molar-refractivity contribution in [3.8, 4) is 0 Å². The van der Waals surface area contributed by atoms with Crippen molar-refractivity contribution < 1.29 is 9.53 Å². The summed E-state index contributed by atoms with van der Waals surface area (Å²) in [7, 11) is 0. The van der Waals surface area contributed by atoms with Crippen LogP contribution in [0.1, 0.15) is 155 Å². The van der Waals surface area contributed by atoms with E-state index in [2.05, 4.69) is 29.8 Å². The molecule has 0 aliphatic rings. The van der Waals surface area contributed by atoms with Crippen LogP contribution in [0.2, 0.25) is 0 Å². The number of carbonyl (C=O) groups excluding carboxylic acids is 1. The Hall–Kier alpha value is -0.310. The molecule has 0 rings (SSSR count). The third-order valence-electron chi connectivity index (χ3n) is 6.30. The van der Waals surface area contributed by atoms with E-state index < -0.39 is 0 Å². The first-order chi connectivity index (χ1) is 15.7. The molecule has 0 bridgehead atoms. The molecule has 0 aromatic rings. The molecule has 0 aromatic carbocycles. The second-order valence-electron chi connectivity index (χ2n) is 9.52. The first-order valence-corrected chi connectivity index (χ1v) is 15.3. The van der Waals surface area contributed by atoms with Gasteiger partial charge < -0.3 is 4.74 Å². The van der Waals surface area contributed by atoms with Crippen LogP contribution in [-0.2, 0) is 9.53 Å². The van der Waals surface area contributed by atoms with Crippen molar-refractivity contribution >= 4 is 21.9 Å². The molecule has 0 saturated carbocycles. The lowest BCUT2D eigenvalue weighted by Crippen LogP contribution is -2.04. The molecule has 2 nitrogen and oxygen atoms in total. The van der Waals surface area contributed by atoms with E-state index in [0.717, 1.165) is 24.6 Å². The summed E-state index contributed by atoms with van der Waals surface area (Å²) in [5, 5.41) is 1.14. The first kappa shape index (κ1) is 31.7. The van der Waals surface area contributed by atoms with Gasteiger partial charge in [0, 0.05) is 11.4 Å². The van der Waals surface area contributed by atoms with E-state index >= 15 is 0 Å². The normalized spacial score (nSPS) is 11.8. The van der Waals surface area contributed by atoms with Gasteiger partial charge in [0.15, 0.2) is 0 Å². The average Bonchev–Trinajstić information content (AvgIpc) is 2.79. The summed E-state index contributed by atoms with van der Waals surface area (Å²) < 4.78 is 5.51. The van der Waals surface area contributed by atoms with Gasteiger partial charge in [0.25, 0.3) is 0 Å². The van der Waals surface area contributed by atoms with Crippen molar-refractivity contribution in [2.45, 2.75) is 155 Å². The van der Waals surface area contributed by atoms with E-state index in [1.807, 2.05) is 6.08 Å². The largest absolute Gasteiger partial charge is 0.463 e. The lowest BCUT2D eigenvalue weighted by atomic mass is 10.00. The summed E-state index contributed by atoms with van der Waals surface area (Å²) in [6, 6.07) is 0. The van der Waals surface area contributed by atoms with Gasteiger partial charge in [0.1, 0.15) is 0 Å². The number of unbranched alkanes of at least 4 members (excludes halogenated alkanes) is 17. The highest BCUT2D eigenvalue weighted by Gasteiger charge is 2.05. The maximum atomic E-state index is 12.3. The number of esters is 1. The number of ether oxygens (including phenoxy) is 1. The second-order valence-corrected chi connectivity index (χ2v) is 10.3. The Morgan fingerprint density at radius 2 is 1.00 bits per heavy atom. The fraction of sp³-hybridized carbons (Fsp3) is 0.897. The number of carbonyl (C=O) groups is 1. The van der Waals surface area contributed by atoms with Crippen LogP contribution in [0.4, 0.5) is 0 Å². The molecule has 0 N–H and O–H groups in total. The van der Waals surface area contributed by atoms with Gasteiger partial charge in [0.05, 0.1) is 6.61 Å². The van der Waals surface area contributed by atoms with Gasteiger partial charge in [-0.25, -0.2) is 4.79 Å². The minimum atomic E-state index is -0.108. The molecule has 190 valence electrons. The highest BCUT2D eigenvalue weighted by molar-refractivity contribution is 9.09. The monoisotopic (exact) mass is 514 g/mol. The topological polar surface area (TPSA) is 26.3 Å². The van der Waals surface area contributed by atoms with Crippen molar-refractivity contribution in [2.24, 2.45) is 0 Å². The number of alkyl halides is 1. The Labute approximate surface area is 209 Å². The van der Waals surface area contributed by atoms with Gasteiger partial charge in [0.2, 0.25) is 0 Å². The molecule has 0 unspecified atom stereocenters. The van der Waals surface area contributed by atoms with E-state index in [1.54, 1.807) is 0 Å². The molecule has 0 saturated heterocycles. The summed E-state index contributed by atoms with van der Waals surface area (Å²) in [6.07, 6.45) is 29.9. The standard InChI is InChI=1S/C29H55BrO2/c1-3-5-7-8-9-13-16-20-24-28(23-19-6-4-2)27-29(31)32-26-22-18-15-12-10-11-14-17-21-25-30/h27H,3-26H2,1-2H3/b28-27-. The van der Waals surface area contributed by atoms with Crippen LogP contribution < -0.4 is 0 Å². The number of hydrogen-bond donors (Lipinski definition) is 0. The number of hydrogen-bond acceptors (Lipinski definition) is 2. The van der Waals surface area contributed by atoms with Crippen molar-refractivity contribution in [3.05, 3.63) is 11.6 Å². The molecule has 32 heavy (non-hydrogen) atoms. The Bertz CT molecular complexity index is 419. The predicted octanol–water partition coefficient (Wildman–Crippen LogP) is 10.5. The quantitative estimate of drug-likeness (QED) is 0.0523. The molecule has 0 spiro atoms. The number of halogens is 1. The molecule has 0 aliphatic heterocycles. The van der Waals surface area contributed by atoms with Crippen LogP contribution >= 0.6 is 15.9 Å². The number of rotatable bonds is 25. The van der Waals surface area contributed by atoms with Gasteiger partial charge in [-0.05, 0) is 38.5 Å². The molecule has 0 aromatic heterocycles. The third-order valence-corrected chi connectivity index (χ3v) is 6.86. The van der Waals surface area contributed by atoms with Crippen molar-refractivity contribution in [2.75, 3.05) is 11.9 Å². The van der Waals surface area contributed by atoms with Crippen LogP contribution in [0.5, 0.6) is 0 Å². The van der Waals surface area contributed by atoms with E-state index in [0.29, 0.717) is 6.61 Å². The van der Waals surface area contributed by atoms with Crippen molar-refractivity contribution in [3.63, 3.8) is 0 Å². The van der Waals surface area contributed by atoms with Crippen LogP contribution in [0, 0.1) is 0 Å². The zero-order valence-electron chi connectivity index (χ0n) is 21.7. The highest BCUT2D eigenvalue weighted by Crippen LogP contribution is 2.18. The summed E-state index contributed by atoms with van der Waals surface area (Å²) in [5.41, 5.74) is 1.31. The zero-order valence-corrected chi connectivity index (χ0v) is 23.3. The maximum absolute atomic E-state index is 12.3. The van der Waals surface area contributed by atoms with Gasteiger partial charge in [-0.3, -0.25) is 0 Å². The molecule has 0 amide bonds. The molecule has 3 heteroatoms. The molecule has 0 atom stereocenters. The Morgan fingerprint density at radius 1 is 0.594 bits per heavy atom. The Kier molecular flexibility index (Phi) is 26.7. The smallest absolute Gasteiger partial charge is 0.330 e. The molecule has 0 aliphatic carbocycles. The Balaban J connectivity index is 3.89. The van der Waals surface area contributed by atoms with Crippen LogP contribution in [-0.4, -0.2) is 17.9 Å². The summed E-state index contributed by atoms with van der Waals surface area (Å²) in [5.74, 6) is -0.108. The van der Waals surface area contributed by atoms with E-state index in [1.165, 1.54) is 128 Å². The average molecular weight is 516 g/mol. The minimum absolute atomic E-state index is 0.108. The van der Waals surface area contributed by atoms with Gasteiger partial charge in [-0.15, -0.1) is 0 Å². The van der Waals surface area contributed by atoms with Gasteiger partial charge >= 0.3 is 5.97 Å². The van der Waals surface area contributed by atoms with Crippen LogP contribution in [0.25, 0.3) is 0 Å². The van der Waals surface area contributed by atoms with E-state index in [4.69, 9.17) is 4.74 Å². The zero-order chi connectivity index (χ0) is 23.5. The minimum Gasteiger partial charge on any atom is -0.463 e. The van der Waals surface area contributed by atoms with Gasteiger partial charge in [-0.2, -0.15) is 0 Å². The lowest BCUT2D eigenvalue weighted by Gasteiger charge is -2.09. The Morgan fingerprint density at radius 3 is 1.53 bits per heavy atom. The highest BCUT2D eigenvalue weighted by atomic mass is 79.9. The number of allylic oxidation sites excluding steroid dienone is 1. The third kappa shape index (κ3) is 24.3. The SMILES string of the molecule is CCCCCCCCCC/C(=C\C(=O)OCCCCCCCCCCCBr)CCCCC. The summed E-state index contributed by atoms with van der Waals surface area (Å²) in [6.45, 7) is 5.09. The molecular weight excluding hydrogens is 460 g/mol. The van der Waals surface area contributed by atoms with E-state index in [9.17, 15) is 4.79 Å². The fourth-order valence-corrected chi connectivity index (χ4v) is 4.57. The second kappa shape index (κ2) is 26.9. The summed E-state index contributed by atoms with van der Waals surface area (Å²) >= 11 is 3.49. The molecule has 0 heterocycles. The predicted molar refractivity (Wildman–Crippen MR) is 146 cm³/mol. The maximum Gasteiger partial charge on any atom is 0.330 e. The van der Waals surface area contributed by atoms with Crippen molar-refractivity contribution in [1.82, 2.24) is 0 Å². The van der Waals surface area contributed by atoms with Crippen LogP contribution in [0.3, 0.4) is 0 Å². The molecule has 0 radical (unpaired) electrons.